The Hall–Kier alpha value is -0.303. The smallest absolute Gasteiger partial charge is 0.0151 e. The molecule has 0 spiro atoms. The van der Waals surface area contributed by atoms with Crippen molar-refractivity contribution in [3.8, 4) is 0 Å². The first-order valence-corrected chi connectivity index (χ1v) is 5.25. The Morgan fingerprint density at radius 3 is 2.45 bits per heavy atom. The summed E-state index contributed by atoms with van der Waals surface area (Å²) in [6.07, 6.45) is 6.86. The van der Waals surface area contributed by atoms with E-state index in [0.29, 0.717) is 5.04 Å². The van der Waals surface area contributed by atoms with Crippen molar-refractivity contribution < 1.29 is 0 Å². The van der Waals surface area contributed by atoms with Gasteiger partial charge in [0.1, 0.15) is 0 Å². The molecule has 0 bridgehead atoms. The molecule has 0 aliphatic carbocycles. The molecule has 0 rings (SSSR count). The molecule has 0 saturated heterocycles. The van der Waals surface area contributed by atoms with Crippen LogP contribution in [0.4, 0.5) is 0 Å². The minimum absolute atomic E-state index is 0.436. The van der Waals surface area contributed by atoms with E-state index in [1.54, 1.807) is 0 Å². The molecule has 1 atom stereocenters. The summed E-state index contributed by atoms with van der Waals surface area (Å²) in [5.41, 5.74) is 1.42. The third-order valence-electron chi connectivity index (χ3n) is 1.89. The van der Waals surface area contributed by atoms with Crippen molar-refractivity contribution >= 4 is 10.2 Å². The Bertz CT molecular complexity index is 150. The monoisotopic (exact) mass is 168 g/mol. The van der Waals surface area contributed by atoms with Gasteiger partial charge in [-0.3, -0.25) is 0 Å². The molecule has 0 aliphatic rings. The van der Waals surface area contributed by atoms with Crippen LogP contribution in [0.1, 0.15) is 33.6 Å². The average Bonchev–Trinajstić information content (AvgIpc) is 1.87. The zero-order valence-corrected chi connectivity index (χ0v) is 10.3. The third kappa shape index (κ3) is 6.11. The number of hydrogen-bond donors (Lipinski definition) is 0. The third-order valence-corrected chi connectivity index (χ3v) is 2.80. The van der Waals surface area contributed by atoms with Crippen LogP contribution < -0.4 is 0 Å². The van der Waals surface area contributed by atoms with Crippen molar-refractivity contribution in [3.63, 3.8) is 0 Å². The van der Waals surface area contributed by atoms with Crippen molar-refractivity contribution in [1.29, 1.82) is 0 Å². The predicted octanol–water partition coefficient (Wildman–Crippen LogP) is 2.46. The molecule has 64 valence electrons. The lowest BCUT2D eigenvalue weighted by molar-refractivity contribution is 0.682. The standard InChI is InChI=1S/C10H20Si/c1-5-10(4,11)8-6-7-9(2)3/h5,7H,1,6,8H2,2-4,11H3. The van der Waals surface area contributed by atoms with Crippen LogP contribution in [0.2, 0.25) is 5.04 Å². The van der Waals surface area contributed by atoms with Crippen molar-refractivity contribution in [1.82, 2.24) is 0 Å². The Morgan fingerprint density at radius 2 is 2.09 bits per heavy atom. The summed E-state index contributed by atoms with van der Waals surface area (Å²) in [6.45, 7) is 10.4. The van der Waals surface area contributed by atoms with Gasteiger partial charge in [0.15, 0.2) is 0 Å². The van der Waals surface area contributed by atoms with E-state index in [9.17, 15) is 0 Å². The first-order chi connectivity index (χ1) is 4.98. The summed E-state index contributed by atoms with van der Waals surface area (Å²) < 4.78 is 0. The summed E-state index contributed by atoms with van der Waals surface area (Å²) >= 11 is 0. The molecule has 0 N–H and O–H groups in total. The molecule has 0 amide bonds. The minimum Gasteiger partial charge on any atom is -0.103 e. The van der Waals surface area contributed by atoms with Crippen LogP contribution in [0.15, 0.2) is 24.3 Å². The first-order valence-electron chi connectivity index (χ1n) is 4.25. The van der Waals surface area contributed by atoms with E-state index in [1.165, 1.54) is 28.7 Å². The Kier molecular flexibility index (Phi) is 4.42. The van der Waals surface area contributed by atoms with Crippen LogP contribution in [0.25, 0.3) is 0 Å². The predicted molar refractivity (Wildman–Crippen MR) is 57.2 cm³/mol. The fourth-order valence-electron chi connectivity index (χ4n) is 0.835. The largest absolute Gasteiger partial charge is 0.103 e. The maximum atomic E-state index is 3.84. The lowest BCUT2D eigenvalue weighted by atomic mass is 10.0. The topological polar surface area (TPSA) is 0 Å². The molecule has 0 aromatic rings. The van der Waals surface area contributed by atoms with Crippen LogP contribution in [-0.4, -0.2) is 10.2 Å². The zero-order valence-electron chi connectivity index (χ0n) is 8.28. The molecule has 0 radical (unpaired) electrons. The quantitative estimate of drug-likeness (QED) is 0.447. The molecule has 0 aromatic heterocycles. The zero-order chi connectivity index (χ0) is 8.91. The lowest BCUT2D eigenvalue weighted by Crippen LogP contribution is -2.02. The number of rotatable bonds is 4. The Labute approximate surface area is 73.8 Å². The SMILES string of the molecule is C=CC(C)([SiH3])CCC=C(C)C. The molecule has 0 saturated carbocycles. The van der Waals surface area contributed by atoms with Gasteiger partial charge in [-0.25, -0.2) is 0 Å². The summed E-state index contributed by atoms with van der Waals surface area (Å²) in [6, 6.07) is 0. The summed E-state index contributed by atoms with van der Waals surface area (Å²) in [7, 11) is 1.21. The van der Waals surface area contributed by atoms with E-state index in [2.05, 4.69) is 39.5 Å². The van der Waals surface area contributed by atoms with Gasteiger partial charge in [0, 0.05) is 10.2 Å². The van der Waals surface area contributed by atoms with Crippen molar-refractivity contribution in [2.45, 2.75) is 38.7 Å². The fraction of sp³-hybridized carbons (Fsp3) is 0.600. The number of hydrogen-bond acceptors (Lipinski definition) is 0. The lowest BCUT2D eigenvalue weighted by Gasteiger charge is -2.17. The highest BCUT2D eigenvalue weighted by molar-refractivity contribution is 6.16. The van der Waals surface area contributed by atoms with E-state index in [1.807, 2.05) is 0 Å². The van der Waals surface area contributed by atoms with E-state index in [-0.39, 0.29) is 0 Å². The maximum Gasteiger partial charge on any atom is 0.0151 e. The minimum atomic E-state index is 0.436. The molecule has 0 aromatic carbocycles. The molecule has 0 heterocycles. The van der Waals surface area contributed by atoms with Gasteiger partial charge in [-0.2, -0.15) is 0 Å². The van der Waals surface area contributed by atoms with E-state index in [4.69, 9.17) is 0 Å². The fourth-order valence-corrected chi connectivity index (χ4v) is 1.12. The van der Waals surface area contributed by atoms with E-state index < -0.39 is 0 Å². The second kappa shape index (κ2) is 4.55. The normalized spacial score (nSPS) is 15.5. The molecule has 0 fully saturated rings. The Morgan fingerprint density at radius 1 is 1.55 bits per heavy atom. The first kappa shape index (κ1) is 10.7. The highest BCUT2D eigenvalue weighted by atomic mass is 28.1. The van der Waals surface area contributed by atoms with Crippen LogP contribution in [-0.2, 0) is 0 Å². The Balaban J connectivity index is 3.71. The van der Waals surface area contributed by atoms with Crippen LogP contribution >= 0.6 is 0 Å². The van der Waals surface area contributed by atoms with Gasteiger partial charge in [-0.05, 0) is 31.7 Å². The molecule has 0 nitrogen and oxygen atoms in total. The molecule has 0 aliphatic heterocycles. The van der Waals surface area contributed by atoms with Crippen molar-refractivity contribution in [2.24, 2.45) is 0 Å². The maximum absolute atomic E-state index is 3.84. The van der Waals surface area contributed by atoms with E-state index in [0.717, 1.165) is 0 Å². The van der Waals surface area contributed by atoms with Gasteiger partial charge in [-0.15, -0.1) is 6.58 Å². The van der Waals surface area contributed by atoms with E-state index >= 15 is 0 Å². The second-order valence-corrected chi connectivity index (χ2v) is 6.30. The van der Waals surface area contributed by atoms with Crippen molar-refractivity contribution in [2.75, 3.05) is 0 Å². The molecular weight excluding hydrogens is 148 g/mol. The van der Waals surface area contributed by atoms with Gasteiger partial charge in [-0.1, -0.05) is 24.6 Å². The van der Waals surface area contributed by atoms with Crippen LogP contribution in [0.5, 0.6) is 0 Å². The number of allylic oxidation sites excluding steroid dienone is 3. The summed E-state index contributed by atoms with van der Waals surface area (Å²) in [4.78, 5) is 0. The highest BCUT2D eigenvalue weighted by Gasteiger charge is 2.10. The molecule has 11 heavy (non-hydrogen) atoms. The summed E-state index contributed by atoms with van der Waals surface area (Å²) in [5.74, 6) is 0. The van der Waals surface area contributed by atoms with Crippen LogP contribution in [0, 0.1) is 0 Å². The van der Waals surface area contributed by atoms with Crippen molar-refractivity contribution in [3.05, 3.63) is 24.3 Å². The van der Waals surface area contributed by atoms with Gasteiger partial charge in [0.05, 0.1) is 0 Å². The molecule has 1 unspecified atom stereocenters. The van der Waals surface area contributed by atoms with Gasteiger partial charge < -0.3 is 0 Å². The average molecular weight is 168 g/mol. The molecule has 1 heteroatoms. The van der Waals surface area contributed by atoms with Crippen LogP contribution in [0.3, 0.4) is 0 Å². The second-order valence-electron chi connectivity index (χ2n) is 4.01. The van der Waals surface area contributed by atoms with Gasteiger partial charge in [0.25, 0.3) is 0 Å². The molecular formula is C10H20Si. The highest BCUT2D eigenvalue weighted by Crippen LogP contribution is 2.28. The van der Waals surface area contributed by atoms with Gasteiger partial charge in [0.2, 0.25) is 0 Å². The van der Waals surface area contributed by atoms with Gasteiger partial charge >= 0.3 is 0 Å². The summed E-state index contributed by atoms with van der Waals surface area (Å²) in [5, 5.41) is 0.436.